The molecule has 0 amide bonds. The fourth-order valence-corrected chi connectivity index (χ4v) is 14.5. The summed E-state index contributed by atoms with van der Waals surface area (Å²) < 4.78 is 9.15. The number of aromatic nitrogens is 4. The molecule has 0 spiro atoms. The van der Waals surface area contributed by atoms with E-state index in [4.69, 9.17) is 24.4 Å². The van der Waals surface area contributed by atoms with Gasteiger partial charge in [-0.1, -0.05) is 297 Å². The average molecular weight is 1220 g/mol. The van der Waals surface area contributed by atoms with E-state index in [1.165, 1.54) is 75.1 Å². The van der Waals surface area contributed by atoms with Crippen molar-refractivity contribution in [1.82, 2.24) is 19.9 Å². The van der Waals surface area contributed by atoms with Crippen LogP contribution in [0.4, 0.5) is 0 Å². The molecule has 0 bridgehead atoms. The highest BCUT2D eigenvalue weighted by Gasteiger charge is 2.23. The summed E-state index contributed by atoms with van der Waals surface area (Å²) in [6, 6.07) is 119. The Bertz CT molecular complexity index is 5340. The molecule has 5 nitrogen and oxygen atoms in total. The Labute approximate surface area is 547 Å². The molecule has 0 aliphatic carbocycles. The zero-order valence-electron chi connectivity index (χ0n) is 50.9. The normalized spacial score (nSPS) is 11.4. The van der Waals surface area contributed by atoms with Crippen LogP contribution in [0.3, 0.4) is 0 Å². The first-order valence-electron chi connectivity index (χ1n) is 31.7. The van der Waals surface area contributed by atoms with Gasteiger partial charge in [0.05, 0.1) is 22.8 Å². The van der Waals surface area contributed by atoms with Gasteiger partial charge in [-0.25, -0.2) is 19.9 Å². The molecule has 14 aromatic carbocycles. The molecule has 0 radical (unpaired) electrons. The van der Waals surface area contributed by atoms with Crippen LogP contribution < -0.4 is 0 Å². The maximum Gasteiger partial charge on any atom is 0.161 e. The van der Waals surface area contributed by atoms with Crippen molar-refractivity contribution in [3.8, 4) is 112 Å². The van der Waals surface area contributed by atoms with Crippen LogP contribution in [0.2, 0.25) is 0 Å². The SMILES string of the molecule is c1ccc(-c2cc(-c3ccccc3)nc(-c3ccc(-c4ccc(-c5cccc6ccccc56)cc4)c4oc5ccccc5c34)n2)cc1.c1ccc(-c2cc(-c3ccccc3)nc(-c3ccc(-c4ccc(-c5cccc6ccccc56)cc4)c4sc5ccccc5c34)n2)cc1. The summed E-state index contributed by atoms with van der Waals surface area (Å²) in [5, 5.41) is 9.50. The van der Waals surface area contributed by atoms with Gasteiger partial charge < -0.3 is 4.42 Å². The lowest BCUT2D eigenvalue weighted by Gasteiger charge is -2.13. The van der Waals surface area contributed by atoms with Crippen LogP contribution in [0.5, 0.6) is 0 Å². The molecular formula is C88H56N4OS. The quantitative estimate of drug-likeness (QED) is 0.137. The van der Waals surface area contributed by atoms with Crippen molar-refractivity contribution < 1.29 is 4.42 Å². The summed E-state index contributed by atoms with van der Waals surface area (Å²) in [5.74, 6) is 1.40. The van der Waals surface area contributed by atoms with Gasteiger partial charge in [-0.3, -0.25) is 0 Å². The predicted molar refractivity (Wildman–Crippen MR) is 394 cm³/mol. The van der Waals surface area contributed by atoms with Gasteiger partial charge in [0.1, 0.15) is 11.2 Å². The summed E-state index contributed by atoms with van der Waals surface area (Å²) in [4.78, 5) is 20.7. The molecule has 4 heterocycles. The van der Waals surface area contributed by atoms with E-state index in [2.05, 4.69) is 279 Å². The number of nitrogens with zero attached hydrogens (tertiary/aromatic N) is 4. The molecule has 0 aliphatic heterocycles. The second kappa shape index (κ2) is 24.2. The number of para-hydroxylation sites is 1. The van der Waals surface area contributed by atoms with Crippen molar-refractivity contribution in [2.45, 2.75) is 0 Å². The third-order valence-corrected chi connectivity index (χ3v) is 19.1. The molecule has 0 fully saturated rings. The Morgan fingerprint density at radius 1 is 0.234 bits per heavy atom. The van der Waals surface area contributed by atoms with E-state index >= 15 is 0 Å². The minimum Gasteiger partial charge on any atom is -0.455 e. The molecule has 0 N–H and O–H groups in total. The number of hydrogen-bond acceptors (Lipinski definition) is 6. The number of fused-ring (bicyclic) bond motifs is 8. The van der Waals surface area contributed by atoms with E-state index in [0.717, 1.165) is 95.0 Å². The van der Waals surface area contributed by atoms with Crippen molar-refractivity contribution in [2.24, 2.45) is 0 Å². The van der Waals surface area contributed by atoms with E-state index in [1.807, 2.05) is 72.0 Å². The molecule has 0 atom stereocenters. The fourth-order valence-electron chi connectivity index (χ4n) is 13.3. The Morgan fingerprint density at radius 3 is 1.06 bits per heavy atom. The molecule has 4 aromatic heterocycles. The van der Waals surface area contributed by atoms with E-state index in [9.17, 15) is 0 Å². The van der Waals surface area contributed by atoms with Gasteiger partial charge in [-0.05, 0) is 103 Å². The maximum absolute atomic E-state index is 6.65. The summed E-state index contributed by atoms with van der Waals surface area (Å²) in [5.41, 5.74) is 20.9. The molecule has 18 rings (SSSR count). The van der Waals surface area contributed by atoms with E-state index in [1.54, 1.807) is 0 Å². The first-order chi connectivity index (χ1) is 46.6. The predicted octanol–water partition coefficient (Wildman–Crippen LogP) is 24.2. The minimum absolute atomic E-state index is 0.666. The first kappa shape index (κ1) is 55.8. The summed E-state index contributed by atoms with van der Waals surface area (Å²) in [6.45, 7) is 0. The van der Waals surface area contributed by atoms with Crippen molar-refractivity contribution >= 4 is 75.0 Å². The van der Waals surface area contributed by atoms with Gasteiger partial charge in [0.25, 0.3) is 0 Å². The van der Waals surface area contributed by atoms with Crippen LogP contribution in [-0.4, -0.2) is 19.9 Å². The summed E-state index contributed by atoms with van der Waals surface area (Å²) in [7, 11) is 0. The van der Waals surface area contributed by atoms with Crippen LogP contribution in [0.15, 0.2) is 344 Å². The highest BCUT2D eigenvalue weighted by atomic mass is 32.1. The van der Waals surface area contributed by atoms with Crippen molar-refractivity contribution in [3.63, 3.8) is 0 Å². The first-order valence-corrected chi connectivity index (χ1v) is 32.5. The van der Waals surface area contributed by atoms with E-state index in [-0.39, 0.29) is 0 Å². The van der Waals surface area contributed by atoms with Gasteiger partial charge in [0.15, 0.2) is 11.6 Å². The standard InChI is InChI=1S/C44H28N2O.C44H28N2S/c2*1-3-13-32(14-4-1)39-28-40(33-15-5-2-6-16-33)46-44(45-39)38-27-26-36(43-42(38)37-19-9-10-21-41(37)47-43)31-24-22-30(23-25-31)35-20-11-17-29-12-7-8-18-34(29)35/h2*1-28H. The number of hydrogen-bond donors (Lipinski definition) is 0. The van der Waals surface area contributed by atoms with Crippen LogP contribution in [0, 0.1) is 0 Å². The third-order valence-electron chi connectivity index (χ3n) is 17.9. The third kappa shape index (κ3) is 10.4. The molecule has 94 heavy (non-hydrogen) atoms. The minimum atomic E-state index is 0.666. The van der Waals surface area contributed by atoms with Crippen molar-refractivity contribution in [3.05, 3.63) is 340 Å². The molecule has 0 saturated carbocycles. The topological polar surface area (TPSA) is 64.7 Å². The zero-order chi connectivity index (χ0) is 62.3. The Morgan fingerprint density at radius 2 is 0.585 bits per heavy atom. The van der Waals surface area contributed by atoms with Crippen LogP contribution in [0.1, 0.15) is 0 Å². The van der Waals surface area contributed by atoms with Crippen LogP contribution in [0.25, 0.3) is 176 Å². The summed E-state index contributed by atoms with van der Waals surface area (Å²) in [6.07, 6.45) is 0. The summed E-state index contributed by atoms with van der Waals surface area (Å²) >= 11 is 1.84. The lowest BCUT2D eigenvalue weighted by atomic mass is 9.94. The monoisotopic (exact) mass is 1220 g/mol. The number of rotatable bonds is 10. The molecule has 18 aromatic rings. The van der Waals surface area contributed by atoms with Crippen LogP contribution >= 0.6 is 11.3 Å². The largest absolute Gasteiger partial charge is 0.455 e. The van der Waals surface area contributed by atoms with Crippen molar-refractivity contribution in [1.29, 1.82) is 0 Å². The lowest BCUT2D eigenvalue weighted by Crippen LogP contribution is -1.96. The zero-order valence-corrected chi connectivity index (χ0v) is 51.8. The number of furan rings is 1. The smallest absolute Gasteiger partial charge is 0.161 e. The Hall–Kier alpha value is -12.2. The number of benzene rings is 14. The highest BCUT2D eigenvalue weighted by molar-refractivity contribution is 7.26. The Kier molecular flexibility index (Phi) is 14.4. The average Bonchev–Trinajstić information content (AvgIpc) is 1.56. The van der Waals surface area contributed by atoms with Gasteiger partial charge in [0, 0.05) is 69.9 Å². The van der Waals surface area contributed by atoms with Gasteiger partial charge >= 0.3 is 0 Å². The van der Waals surface area contributed by atoms with Crippen LogP contribution in [-0.2, 0) is 0 Å². The maximum atomic E-state index is 6.65. The van der Waals surface area contributed by atoms with Gasteiger partial charge in [-0.15, -0.1) is 11.3 Å². The molecule has 0 aliphatic rings. The van der Waals surface area contributed by atoms with E-state index in [0.29, 0.717) is 5.82 Å². The fraction of sp³-hybridized carbons (Fsp3) is 0. The second-order valence-electron chi connectivity index (χ2n) is 23.5. The number of thiophene rings is 1. The lowest BCUT2D eigenvalue weighted by molar-refractivity contribution is 0.670. The van der Waals surface area contributed by atoms with E-state index < -0.39 is 0 Å². The highest BCUT2D eigenvalue weighted by Crippen LogP contribution is 2.47. The Balaban J connectivity index is 0.000000143. The van der Waals surface area contributed by atoms with Crippen molar-refractivity contribution in [2.75, 3.05) is 0 Å². The second-order valence-corrected chi connectivity index (χ2v) is 24.6. The van der Waals surface area contributed by atoms with Gasteiger partial charge in [0.2, 0.25) is 0 Å². The molecule has 0 saturated heterocycles. The molecule has 440 valence electrons. The molecule has 6 heteroatoms. The molecular weight excluding hydrogens is 1160 g/mol. The molecule has 0 unspecified atom stereocenters. The van der Waals surface area contributed by atoms with Gasteiger partial charge in [-0.2, -0.15) is 0 Å².